The van der Waals surface area contributed by atoms with Gasteiger partial charge in [-0.15, -0.1) is 5.10 Å². The normalized spacial score (nSPS) is 28.4. The molecule has 9 nitrogen and oxygen atoms in total. The Morgan fingerprint density at radius 1 is 1.14 bits per heavy atom. The topological polar surface area (TPSA) is 96.7 Å². The van der Waals surface area contributed by atoms with Crippen LogP contribution < -0.4 is 20.9 Å². The van der Waals surface area contributed by atoms with Crippen LogP contribution in [0.4, 0.5) is 10.1 Å². The molecular weight excluding hydrogens is 545 g/mol. The number of rotatable bonds is 6. The Morgan fingerprint density at radius 3 is 2.58 bits per heavy atom. The van der Waals surface area contributed by atoms with Gasteiger partial charge < -0.3 is 20.3 Å². The second-order valence-corrected chi connectivity index (χ2v) is 13.5. The number of nitrogens with zero attached hydrogens (tertiary/aromatic N) is 5. The molecule has 2 heterocycles. The highest BCUT2D eigenvalue weighted by Crippen LogP contribution is 2.61. The summed E-state index contributed by atoms with van der Waals surface area (Å²) in [6, 6.07) is 11.3. The largest absolute Gasteiger partial charge is 0.497 e. The molecule has 0 unspecified atom stereocenters. The van der Waals surface area contributed by atoms with Crippen molar-refractivity contribution >= 4 is 22.5 Å². The van der Waals surface area contributed by atoms with E-state index in [9.17, 15) is 9.18 Å². The van der Waals surface area contributed by atoms with Crippen molar-refractivity contribution in [2.45, 2.75) is 78.6 Å². The summed E-state index contributed by atoms with van der Waals surface area (Å²) in [6.45, 7) is 13.6. The van der Waals surface area contributed by atoms with E-state index in [4.69, 9.17) is 9.73 Å². The number of aromatic nitrogens is 3. The summed E-state index contributed by atoms with van der Waals surface area (Å²) in [4.78, 5) is 21.0. The van der Waals surface area contributed by atoms with Gasteiger partial charge in [0, 0.05) is 36.9 Å². The molecule has 1 saturated heterocycles. The molecule has 2 aromatic carbocycles. The Morgan fingerprint density at radius 2 is 1.91 bits per heavy atom. The van der Waals surface area contributed by atoms with Crippen LogP contribution in [0.5, 0.6) is 5.75 Å². The standard InChI is InChI=1S/C33H44FN7O2/c1-19-17-40(18-20(2)35-19)32(37-29-14-23-13-27(21(29)3)33(23,4)5)36-24-8-10-26-30(15-24)38-39-41(31(26)42)12-11-22-7-9-25(43-6)16-28(22)34/h7-10,15-16,19-21,23,27,29,35H,11-14,17-18H2,1-6H3,(H,36,37)/t19-,20+,21-,23+,27+,29-/m0/s1. The number of piperazine rings is 1. The Bertz CT molecular complexity index is 1580. The van der Waals surface area contributed by atoms with Crippen molar-refractivity contribution in [3.63, 3.8) is 0 Å². The molecule has 6 atom stereocenters. The lowest BCUT2D eigenvalue weighted by atomic mass is 9.45. The lowest BCUT2D eigenvalue weighted by molar-refractivity contribution is -0.108. The minimum Gasteiger partial charge on any atom is -0.497 e. The third kappa shape index (κ3) is 5.73. The van der Waals surface area contributed by atoms with Crippen LogP contribution in [0.15, 0.2) is 46.2 Å². The highest BCUT2D eigenvalue weighted by atomic mass is 19.1. The summed E-state index contributed by atoms with van der Waals surface area (Å²) in [5.41, 5.74) is 1.99. The number of hydrogen-bond acceptors (Lipinski definition) is 6. The maximum Gasteiger partial charge on any atom is 0.277 e. The van der Waals surface area contributed by atoms with Crippen molar-refractivity contribution in [2.24, 2.45) is 28.2 Å². The zero-order valence-electron chi connectivity index (χ0n) is 26.1. The number of ether oxygens (including phenoxy) is 1. The molecule has 3 aliphatic carbocycles. The monoisotopic (exact) mass is 589 g/mol. The molecule has 4 aliphatic rings. The Kier molecular flexibility index (Phi) is 7.91. The van der Waals surface area contributed by atoms with Crippen LogP contribution in [0, 0.1) is 29.0 Å². The Labute approximate surface area is 252 Å². The number of benzene rings is 2. The minimum absolute atomic E-state index is 0.222. The minimum atomic E-state index is -0.369. The molecule has 3 aromatic rings. The van der Waals surface area contributed by atoms with Crippen LogP contribution in [0.2, 0.25) is 0 Å². The van der Waals surface area contributed by atoms with Gasteiger partial charge in [-0.3, -0.25) is 4.79 Å². The smallest absolute Gasteiger partial charge is 0.277 e. The lowest BCUT2D eigenvalue weighted by Crippen LogP contribution is -2.59. The number of aryl methyl sites for hydroxylation is 2. The molecule has 3 saturated carbocycles. The van der Waals surface area contributed by atoms with Crippen molar-refractivity contribution in [1.82, 2.24) is 25.2 Å². The predicted molar refractivity (Wildman–Crippen MR) is 168 cm³/mol. The molecular formula is C33H44FN7O2. The number of anilines is 1. The highest BCUT2D eigenvalue weighted by molar-refractivity contribution is 5.96. The summed E-state index contributed by atoms with van der Waals surface area (Å²) < 4.78 is 20.8. The lowest BCUT2D eigenvalue weighted by Gasteiger charge is -2.61. The molecule has 230 valence electrons. The molecule has 10 heteroatoms. The second-order valence-electron chi connectivity index (χ2n) is 13.5. The second kappa shape index (κ2) is 11.5. The maximum absolute atomic E-state index is 14.4. The van der Waals surface area contributed by atoms with Crippen LogP contribution in [0.1, 0.15) is 53.0 Å². The van der Waals surface area contributed by atoms with Gasteiger partial charge >= 0.3 is 0 Å². The van der Waals surface area contributed by atoms with E-state index in [1.54, 1.807) is 18.2 Å². The van der Waals surface area contributed by atoms with Gasteiger partial charge in [0.15, 0.2) is 5.96 Å². The Hall–Kier alpha value is -3.53. The van der Waals surface area contributed by atoms with Crippen LogP contribution >= 0.6 is 0 Å². The van der Waals surface area contributed by atoms with E-state index in [1.807, 2.05) is 12.1 Å². The number of methoxy groups -OCH3 is 1. The van der Waals surface area contributed by atoms with Crippen LogP contribution in [0.25, 0.3) is 10.9 Å². The molecule has 1 aliphatic heterocycles. The van der Waals surface area contributed by atoms with E-state index < -0.39 is 0 Å². The fourth-order valence-electron chi connectivity index (χ4n) is 7.66. The zero-order valence-corrected chi connectivity index (χ0v) is 26.1. The quantitative estimate of drug-likeness (QED) is 0.318. The van der Waals surface area contributed by atoms with E-state index in [-0.39, 0.29) is 24.0 Å². The molecule has 0 radical (unpaired) electrons. The van der Waals surface area contributed by atoms with Gasteiger partial charge in [0.05, 0.1) is 25.1 Å². The molecule has 4 fully saturated rings. The van der Waals surface area contributed by atoms with E-state index in [0.29, 0.717) is 58.0 Å². The van der Waals surface area contributed by atoms with Crippen LogP contribution in [-0.2, 0) is 13.0 Å². The molecule has 1 aromatic heterocycles. The van der Waals surface area contributed by atoms with Crippen LogP contribution in [0.3, 0.4) is 0 Å². The van der Waals surface area contributed by atoms with Crippen molar-refractivity contribution in [1.29, 1.82) is 0 Å². The van der Waals surface area contributed by atoms with E-state index in [0.717, 1.165) is 37.1 Å². The number of aliphatic imine (C=N–C) groups is 1. The van der Waals surface area contributed by atoms with Crippen molar-refractivity contribution in [2.75, 3.05) is 25.5 Å². The van der Waals surface area contributed by atoms with Gasteiger partial charge in [-0.2, -0.15) is 0 Å². The van der Waals surface area contributed by atoms with Gasteiger partial charge in [0.1, 0.15) is 17.1 Å². The fourth-order valence-corrected chi connectivity index (χ4v) is 7.66. The summed E-state index contributed by atoms with van der Waals surface area (Å²) in [5.74, 6) is 2.94. The first-order valence-corrected chi connectivity index (χ1v) is 15.6. The van der Waals surface area contributed by atoms with Gasteiger partial charge in [-0.1, -0.05) is 32.1 Å². The predicted octanol–water partition coefficient (Wildman–Crippen LogP) is 4.70. The first-order chi connectivity index (χ1) is 20.5. The van der Waals surface area contributed by atoms with E-state index in [1.165, 1.54) is 24.3 Å². The fraction of sp³-hybridized carbons (Fsp3) is 0.576. The average molecular weight is 590 g/mol. The first-order valence-electron chi connectivity index (χ1n) is 15.6. The molecule has 2 N–H and O–H groups in total. The first kappa shape index (κ1) is 29.5. The number of fused-ring (bicyclic) bond motifs is 3. The third-order valence-corrected chi connectivity index (χ3v) is 10.3. The van der Waals surface area contributed by atoms with Crippen LogP contribution in [-0.4, -0.2) is 64.2 Å². The molecule has 0 spiro atoms. The van der Waals surface area contributed by atoms with Crippen molar-refractivity contribution in [3.8, 4) is 5.75 Å². The molecule has 7 rings (SSSR count). The van der Waals surface area contributed by atoms with Gasteiger partial charge in [0.2, 0.25) is 0 Å². The number of halogens is 1. The molecule has 43 heavy (non-hydrogen) atoms. The summed E-state index contributed by atoms with van der Waals surface area (Å²) in [6.07, 6.45) is 2.76. The number of nitrogens with one attached hydrogen (secondary N) is 2. The number of guanidine groups is 1. The molecule has 2 bridgehead atoms. The SMILES string of the molecule is COc1ccc(CCn2nnc3cc(NC(=N[C@H]4C[C@H]5C[C@H]([C@@H]4C)C5(C)C)N4C[C@@H](C)N[C@@H](C)C4)ccc3c2=O)c(F)c1. The molecule has 0 amide bonds. The van der Waals surface area contributed by atoms with Gasteiger partial charge in [-0.05, 0) is 86.1 Å². The number of hydrogen-bond donors (Lipinski definition) is 2. The summed E-state index contributed by atoms with van der Waals surface area (Å²) >= 11 is 0. The maximum atomic E-state index is 14.4. The summed E-state index contributed by atoms with van der Waals surface area (Å²) in [5, 5.41) is 16.3. The highest BCUT2D eigenvalue weighted by Gasteiger charge is 2.56. The van der Waals surface area contributed by atoms with Crippen molar-refractivity contribution < 1.29 is 9.13 Å². The van der Waals surface area contributed by atoms with Crippen molar-refractivity contribution in [3.05, 3.63) is 58.1 Å². The summed E-state index contributed by atoms with van der Waals surface area (Å²) in [7, 11) is 1.50. The average Bonchev–Trinajstić information content (AvgIpc) is 2.97. The third-order valence-electron chi connectivity index (χ3n) is 10.3. The van der Waals surface area contributed by atoms with Gasteiger partial charge in [0.25, 0.3) is 5.56 Å². The zero-order chi connectivity index (χ0) is 30.5. The van der Waals surface area contributed by atoms with E-state index in [2.05, 4.69) is 60.5 Å². The van der Waals surface area contributed by atoms with Gasteiger partial charge in [-0.25, -0.2) is 14.1 Å². The van der Waals surface area contributed by atoms with E-state index >= 15 is 0 Å². The Balaban J connectivity index is 1.23.